The molecule has 1 fully saturated rings. The molecular formula is C11H17N3. The van der Waals surface area contributed by atoms with Crippen molar-refractivity contribution in [3.63, 3.8) is 0 Å². The van der Waals surface area contributed by atoms with Gasteiger partial charge >= 0.3 is 0 Å². The number of rotatable bonds is 4. The largest absolute Gasteiger partial charge is 0.384 e. The first-order chi connectivity index (χ1) is 6.79. The molecule has 0 bridgehead atoms. The van der Waals surface area contributed by atoms with Gasteiger partial charge in [-0.05, 0) is 31.5 Å². The average molecular weight is 191 g/mol. The molecule has 2 rings (SSSR count). The monoisotopic (exact) mass is 191 g/mol. The van der Waals surface area contributed by atoms with Crippen LogP contribution in [0.25, 0.3) is 0 Å². The van der Waals surface area contributed by atoms with Crippen molar-refractivity contribution >= 4 is 5.82 Å². The Morgan fingerprint density at radius 3 is 2.86 bits per heavy atom. The van der Waals surface area contributed by atoms with E-state index in [0.29, 0.717) is 5.82 Å². The van der Waals surface area contributed by atoms with Gasteiger partial charge in [-0.25, -0.2) is 4.98 Å². The molecule has 0 atom stereocenters. The Morgan fingerprint density at radius 2 is 2.29 bits per heavy atom. The number of anilines is 1. The van der Waals surface area contributed by atoms with Gasteiger partial charge in [0.15, 0.2) is 0 Å². The Labute approximate surface area is 84.9 Å². The maximum atomic E-state index is 5.64. The predicted molar refractivity (Wildman–Crippen MR) is 57.8 cm³/mol. The first-order valence-corrected chi connectivity index (χ1v) is 5.25. The number of nitrogens with zero attached hydrogens (tertiary/aromatic N) is 2. The first kappa shape index (κ1) is 9.46. The van der Waals surface area contributed by atoms with Gasteiger partial charge in [0.05, 0.1) is 5.69 Å². The molecule has 0 radical (unpaired) electrons. The summed E-state index contributed by atoms with van der Waals surface area (Å²) in [6.45, 7) is 4.23. The number of hydrogen-bond donors (Lipinski definition) is 1. The van der Waals surface area contributed by atoms with Gasteiger partial charge < -0.3 is 5.73 Å². The van der Waals surface area contributed by atoms with Crippen molar-refractivity contribution in [1.29, 1.82) is 0 Å². The number of nitrogen functional groups attached to an aromatic ring is 1. The maximum Gasteiger partial charge on any atom is 0.123 e. The van der Waals surface area contributed by atoms with Crippen LogP contribution in [0.1, 0.15) is 25.5 Å². The molecule has 1 heterocycles. The van der Waals surface area contributed by atoms with Crippen LogP contribution >= 0.6 is 0 Å². The van der Waals surface area contributed by atoms with Gasteiger partial charge in [-0.2, -0.15) is 0 Å². The lowest BCUT2D eigenvalue weighted by atomic mass is 10.3. The molecule has 1 aromatic heterocycles. The van der Waals surface area contributed by atoms with E-state index in [2.05, 4.69) is 16.8 Å². The lowest BCUT2D eigenvalue weighted by molar-refractivity contribution is 0.266. The van der Waals surface area contributed by atoms with Crippen LogP contribution < -0.4 is 5.73 Å². The van der Waals surface area contributed by atoms with Crippen molar-refractivity contribution in [3.8, 4) is 0 Å². The molecule has 0 unspecified atom stereocenters. The SMILES string of the molecule is CCN(Cc1cccc(N)n1)C1CC1. The molecule has 0 amide bonds. The van der Waals surface area contributed by atoms with E-state index in [4.69, 9.17) is 5.73 Å². The van der Waals surface area contributed by atoms with E-state index >= 15 is 0 Å². The predicted octanol–water partition coefficient (Wildman–Crippen LogP) is 1.65. The van der Waals surface area contributed by atoms with Crippen molar-refractivity contribution in [1.82, 2.24) is 9.88 Å². The van der Waals surface area contributed by atoms with Crippen LogP contribution in [0.3, 0.4) is 0 Å². The molecule has 1 aliphatic rings. The summed E-state index contributed by atoms with van der Waals surface area (Å²) in [7, 11) is 0. The fourth-order valence-corrected chi connectivity index (χ4v) is 1.73. The molecule has 2 N–H and O–H groups in total. The second-order valence-electron chi connectivity index (χ2n) is 3.85. The molecule has 3 nitrogen and oxygen atoms in total. The first-order valence-electron chi connectivity index (χ1n) is 5.25. The summed E-state index contributed by atoms with van der Waals surface area (Å²) >= 11 is 0. The lowest BCUT2D eigenvalue weighted by Crippen LogP contribution is -2.25. The quantitative estimate of drug-likeness (QED) is 0.786. The molecule has 1 saturated carbocycles. The number of hydrogen-bond acceptors (Lipinski definition) is 3. The summed E-state index contributed by atoms with van der Waals surface area (Å²) < 4.78 is 0. The fourth-order valence-electron chi connectivity index (χ4n) is 1.73. The number of aromatic nitrogens is 1. The van der Waals surface area contributed by atoms with Crippen LogP contribution in [-0.4, -0.2) is 22.5 Å². The van der Waals surface area contributed by atoms with Gasteiger partial charge in [-0.3, -0.25) is 4.90 Å². The van der Waals surface area contributed by atoms with Crippen LogP contribution in [0.5, 0.6) is 0 Å². The highest BCUT2D eigenvalue weighted by molar-refractivity contribution is 5.28. The van der Waals surface area contributed by atoms with E-state index in [1.165, 1.54) is 12.8 Å². The number of pyridine rings is 1. The van der Waals surface area contributed by atoms with Gasteiger partial charge in [-0.1, -0.05) is 13.0 Å². The molecule has 1 aliphatic carbocycles. The summed E-state index contributed by atoms with van der Waals surface area (Å²) in [4.78, 5) is 6.77. The van der Waals surface area contributed by atoms with Crippen LogP contribution in [0.4, 0.5) is 5.82 Å². The zero-order chi connectivity index (χ0) is 9.97. The standard InChI is InChI=1S/C11H17N3/c1-2-14(10-6-7-10)8-9-4-3-5-11(12)13-9/h3-5,10H,2,6-8H2,1H3,(H2,12,13). The van der Waals surface area contributed by atoms with E-state index in [9.17, 15) is 0 Å². The normalized spacial score (nSPS) is 16.1. The minimum atomic E-state index is 0.620. The third-order valence-corrected chi connectivity index (χ3v) is 2.66. The highest BCUT2D eigenvalue weighted by atomic mass is 15.2. The lowest BCUT2D eigenvalue weighted by Gasteiger charge is -2.19. The van der Waals surface area contributed by atoms with Crippen molar-refractivity contribution in [2.24, 2.45) is 0 Å². The highest BCUT2D eigenvalue weighted by Crippen LogP contribution is 2.27. The molecular weight excluding hydrogens is 174 g/mol. The van der Waals surface area contributed by atoms with Crippen LogP contribution in [0.2, 0.25) is 0 Å². The molecule has 3 heteroatoms. The van der Waals surface area contributed by atoms with Gasteiger partial charge in [-0.15, -0.1) is 0 Å². The van der Waals surface area contributed by atoms with Crippen molar-refractivity contribution in [2.75, 3.05) is 12.3 Å². The molecule has 14 heavy (non-hydrogen) atoms. The van der Waals surface area contributed by atoms with Gasteiger partial charge in [0, 0.05) is 12.6 Å². The fraction of sp³-hybridized carbons (Fsp3) is 0.545. The topological polar surface area (TPSA) is 42.1 Å². The van der Waals surface area contributed by atoms with Crippen molar-refractivity contribution in [3.05, 3.63) is 23.9 Å². The van der Waals surface area contributed by atoms with Crippen LogP contribution in [0, 0.1) is 0 Å². The van der Waals surface area contributed by atoms with Crippen molar-refractivity contribution in [2.45, 2.75) is 32.4 Å². The van der Waals surface area contributed by atoms with E-state index in [1.807, 2.05) is 18.2 Å². The minimum Gasteiger partial charge on any atom is -0.384 e. The van der Waals surface area contributed by atoms with E-state index < -0.39 is 0 Å². The third kappa shape index (κ3) is 2.23. The Bertz CT molecular complexity index is 307. The zero-order valence-corrected chi connectivity index (χ0v) is 8.61. The van der Waals surface area contributed by atoms with Gasteiger partial charge in [0.1, 0.15) is 5.82 Å². The zero-order valence-electron chi connectivity index (χ0n) is 8.61. The van der Waals surface area contributed by atoms with E-state index in [-0.39, 0.29) is 0 Å². The maximum absolute atomic E-state index is 5.64. The molecule has 0 aliphatic heterocycles. The summed E-state index contributed by atoms with van der Waals surface area (Å²) in [6.07, 6.45) is 2.69. The van der Waals surface area contributed by atoms with E-state index in [1.54, 1.807) is 0 Å². The smallest absolute Gasteiger partial charge is 0.123 e. The Hall–Kier alpha value is -1.09. The minimum absolute atomic E-state index is 0.620. The summed E-state index contributed by atoms with van der Waals surface area (Å²) in [5.41, 5.74) is 6.72. The van der Waals surface area contributed by atoms with Gasteiger partial charge in [0.25, 0.3) is 0 Å². The van der Waals surface area contributed by atoms with E-state index in [0.717, 1.165) is 24.8 Å². The summed E-state index contributed by atoms with van der Waals surface area (Å²) in [6, 6.07) is 6.64. The second-order valence-corrected chi connectivity index (χ2v) is 3.85. The summed E-state index contributed by atoms with van der Waals surface area (Å²) in [5.74, 6) is 0.620. The Balaban J connectivity index is 2.01. The summed E-state index contributed by atoms with van der Waals surface area (Å²) in [5, 5.41) is 0. The molecule has 0 spiro atoms. The molecule has 1 aromatic rings. The average Bonchev–Trinajstić information content (AvgIpc) is 2.97. The third-order valence-electron chi connectivity index (χ3n) is 2.66. The molecule has 76 valence electrons. The van der Waals surface area contributed by atoms with Gasteiger partial charge in [0.2, 0.25) is 0 Å². The second kappa shape index (κ2) is 3.96. The van der Waals surface area contributed by atoms with Crippen LogP contribution in [0.15, 0.2) is 18.2 Å². The molecule has 0 saturated heterocycles. The Kier molecular flexibility index (Phi) is 2.68. The van der Waals surface area contributed by atoms with Crippen molar-refractivity contribution < 1.29 is 0 Å². The molecule has 0 aromatic carbocycles. The number of nitrogens with two attached hydrogens (primary N) is 1. The van der Waals surface area contributed by atoms with Crippen LogP contribution in [-0.2, 0) is 6.54 Å². The highest BCUT2D eigenvalue weighted by Gasteiger charge is 2.27. The Morgan fingerprint density at radius 1 is 1.50 bits per heavy atom.